The zero-order valence-electron chi connectivity index (χ0n) is 7.33. The van der Waals surface area contributed by atoms with Crippen molar-refractivity contribution in [2.75, 3.05) is 14.1 Å². The van der Waals surface area contributed by atoms with E-state index >= 15 is 0 Å². The van der Waals surface area contributed by atoms with Crippen molar-refractivity contribution < 1.29 is 21.1 Å². The quantitative estimate of drug-likeness (QED) is 0.568. The molecular weight excluding hydrogens is 305 g/mol. The van der Waals surface area contributed by atoms with Crippen LogP contribution in [-0.4, -0.2) is 19.0 Å². The van der Waals surface area contributed by atoms with Gasteiger partial charge in [-0.15, -0.1) is 19.1 Å². The summed E-state index contributed by atoms with van der Waals surface area (Å²) >= 11 is 0. The molecule has 0 heterocycles. The molecule has 0 aliphatic heterocycles. The van der Waals surface area contributed by atoms with Crippen LogP contribution in [0.1, 0.15) is 6.42 Å². The molecule has 0 fully saturated rings. The average molecular weight is 323 g/mol. The van der Waals surface area contributed by atoms with Crippen molar-refractivity contribution in [3.05, 3.63) is 34.1 Å². The minimum Gasteiger partial charge on any atom is -0.461 e. The summed E-state index contributed by atoms with van der Waals surface area (Å²) in [6.45, 7) is 5.64. The maximum Gasteiger partial charge on any atom is 0 e. The van der Waals surface area contributed by atoms with Crippen LogP contribution in [0.3, 0.4) is 0 Å². The van der Waals surface area contributed by atoms with Crippen LogP contribution in [0.15, 0.2) is 12.7 Å². The van der Waals surface area contributed by atoms with Gasteiger partial charge >= 0.3 is 0 Å². The zero-order valence-corrected chi connectivity index (χ0v) is 9.60. The van der Waals surface area contributed by atoms with Gasteiger partial charge in [0.25, 0.3) is 0 Å². The fourth-order valence-corrected chi connectivity index (χ4v) is 0.285. The van der Waals surface area contributed by atoms with Gasteiger partial charge in [0.1, 0.15) is 0 Å². The van der Waals surface area contributed by atoms with Gasteiger partial charge in [-0.3, -0.25) is 6.54 Å². The Morgan fingerprint density at radius 3 is 1.90 bits per heavy atom. The molecule has 0 amide bonds. The van der Waals surface area contributed by atoms with E-state index in [0.29, 0.717) is 0 Å². The van der Waals surface area contributed by atoms with Crippen LogP contribution < -0.4 is 0 Å². The first-order valence-corrected chi connectivity index (χ1v) is 2.38. The molecule has 0 spiro atoms. The smallest absolute Gasteiger partial charge is 0 e. The summed E-state index contributed by atoms with van der Waals surface area (Å²) in [6, 6.07) is 0. The Hall–Kier alpha value is 0.388. The van der Waals surface area contributed by atoms with E-state index in [0.717, 1.165) is 6.42 Å². The van der Waals surface area contributed by atoms with E-state index in [1.807, 2.05) is 25.1 Å². The van der Waals surface area contributed by atoms with Gasteiger partial charge in [0.2, 0.25) is 0 Å². The fraction of sp³-hybridized carbons (Fsp3) is 0.375. The molecular formula is C8H18NPt-3. The van der Waals surface area contributed by atoms with E-state index < -0.39 is 0 Å². The summed E-state index contributed by atoms with van der Waals surface area (Å²) < 4.78 is 0. The molecule has 0 aliphatic carbocycles. The SMILES string of the molecule is C=CC[CH-]N(C)C.[CH3-].[CH3-].[Pt]. The van der Waals surface area contributed by atoms with Gasteiger partial charge in [-0.1, -0.05) is 0 Å². The van der Waals surface area contributed by atoms with E-state index in [1.165, 1.54) is 0 Å². The van der Waals surface area contributed by atoms with Gasteiger partial charge in [0.05, 0.1) is 0 Å². The number of rotatable bonds is 3. The Balaban J connectivity index is -0.0000000600. The van der Waals surface area contributed by atoms with Crippen molar-refractivity contribution in [3.8, 4) is 0 Å². The number of nitrogens with zero attached hydrogens (tertiary/aromatic N) is 1. The predicted octanol–water partition coefficient (Wildman–Crippen LogP) is 2.18. The summed E-state index contributed by atoms with van der Waals surface area (Å²) in [5.74, 6) is 0. The van der Waals surface area contributed by atoms with E-state index in [-0.39, 0.29) is 35.9 Å². The maximum absolute atomic E-state index is 3.57. The van der Waals surface area contributed by atoms with Gasteiger partial charge in [0, 0.05) is 21.1 Å². The van der Waals surface area contributed by atoms with Crippen LogP contribution in [-0.2, 0) is 21.1 Å². The van der Waals surface area contributed by atoms with Gasteiger partial charge < -0.3 is 19.8 Å². The predicted molar refractivity (Wildman–Crippen MR) is 45.6 cm³/mol. The van der Waals surface area contributed by atoms with E-state index in [4.69, 9.17) is 0 Å². The molecule has 68 valence electrons. The maximum atomic E-state index is 3.57. The van der Waals surface area contributed by atoms with Crippen molar-refractivity contribution in [1.82, 2.24) is 4.90 Å². The Morgan fingerprint density at radius 1 is 1.40 bits per heavy atom. The largest absolute Gasteiger partial charge is 0.461 e. The third kappa shape index (κ3) is 23.8. The Kier molecular flexibility index (Phi) is 36.3. The van der Waals surface area contributed by atoms with Crippen LogP contribution in [0.5, 0.6) is 0 Å². The summed E-state index contributed by atoms with van der Waals surface area (Å²) in [5, 5.41) is 0. The van der Waals surface area contributed by atoms with Crippen LogP contribution in [0.25, 0.3) is 0 Å². The molecule has 0 saturated carbocycles. The standard InChI is InChI=1S/C6H12N.2CH3.Pt/c1-4-5-6-7(2)3;;;/h4,6H,1,5H2,2-3H3;2*1H3;/q3*-1;. The molecule has 0 unspecified atom stereocenters. The van der Waals surface area contributed by atoms with Gasteiger partial charge in [0.15, 0.2) is 0 Å². The summed E-state index contributed by atoms with van der Waals surface area (Å²) in [7, 11) is 4.01. The zero-order chi connectivity index (χ0) is 5.70. The monoisotopic (exact) mass is 323 g/mol. The normalized spacial score (nSPS) is 6.70. The summed E-state index contributed by atoms with van der Waals surface area (Å²) in [5.41, 5.74) is 0. The molecule has 10 heavy (non-hydrogen) atoms. The second-order valence-corrected chi connectivity index (χ2v) is 1.67. The first-order chi connectivity index (χ1) is 3.27. The Morgan fingerprint density at radius 2 is 1.80 bits per heavy atom. The fourth-order valence-electron chi connectivity index (χ4n) is 0.285. The molecule has 0 aromatic rings. The Bertz CT molecular complexity index is 53.2. The van der Waals surface area contributed by atoms with Gasteiger partial charge in [-0.2, -0.15) is 0 Å². The van der Waals surface area contributed by atoms with Crippen molar-refractivity contribution in [3.63, 3.8) is 0 Å². The van der Waals surface area contributed by atoms with Crippen LogP contribution in [0.2, 0.25) is 0 Å². The summed E-state index contributed by atoms with van der Waals surface area (Å²) in [4.78, 5) is 2.02. The average Bonchev–Trinajstić information content (AvgIpc) is 1.61. The van der Waals surface area contributed by atoms with E-state index in [2.05, 4.69) is 13.1 Å². The third-order valence-electron chi connectivity index (χ3n) is 0.637. The molecule has 0 aromatic carbocycles. The first kappa shape index (κ1) is 22.4. The van der Waals surface area contributed by atoms with Crippen molar-refractivity contribution in [1.29, 1.82) is 0 Å². The van der Waals surface area contributed by atoms with Crippen LogP contribution >= 0.6 is 0 Å². The molecule has 0 rings (SSSR count). The molecule has 0 bridgehead atoms. The van der Waals surface area contributed by atoms with Crippen molar-refractivity contribution >= 4 is 0 Å². The third-order valence-corrected chi connectivity index (χ3v) is 0.637. The molecule has 0 radical (unpaired) electrons. The van der Waals surface area contributed by atoms with Crippen LogP contribution in [0.4, 0.5) is 0 Å². The molecule has 0 saturated heterocycles. The van der Waals surface area contributed by atoms with Gasteiger partial charge in [-0.25, -0.2) is 0 Å². The molecule has 0 atom stereocenters. The van der Waals surface area contributed by atoms with E-state index in [1.54, 1.807) is 0 Å². The second kappa shape index (κ2) is 16.2. The topological polar surface area (TPSA) is 3.24 Å². The number of hydrogen-bond acceptors (Lipinski definition) is 1. The minimum absolute atomic E-state index is 0. The molecule has 0 aromatic heterocycles. The first-order valence-electron chi connectivity index (χ1n) is 2.38. The van der Waals surface area contributed by atoms with Crippen molar-refractivity contribution in [2.24, 2.45) is 0 Å². The molecule has 0 N–H and O–H groups in total. The Labute approximate surface area is 80.8 Å². The number of hydrogen-bond donors (Lipinski definition) is 0. The van der Waals surface area contributed by atoms with E-state index in [9.17, 15) is 0 Å². The molecule has 2 heteroatoms. The molecule has 0 aliphatic rings. The van der Waals surface area contributed by atoms with Crippen LogP contribution in [0, 0.1) is 21.4 Å². The van der Waals surface area contributed by atoms with Crippen molar-refractivity contribution in [2.45, 2.75) is 6.42 Å². The minimum atomic E-state index is 0. The van der Waals surface area contributed by atoms with Gasteiger partial charge in [-0.05, 0) is 14.1 Å². The summed E-state index contributed by atoms with van der Waals surface area (Å²) in [6.07, 6.45) is 2.84. The second-order valence-electron chi connectivity index (χ2n) is 1.67. The molecule has 1 nitrogen and oxygen atoms in total.